The first-order valence-corrected chi connectivity index (χ1v) is 5.24. The highest BCUT2D eigenvalue weighted by Gasteiger charge is 2.24. The van der Waals surface area contributed by atoms with Crippen LogP contribution in [0.2, 0.25) is 0 Å². The van der Waals surface area contributed by atoms with Gasteiger partial charge in [-0.05, 0) is 13.0 Å². The fraction of sp³-hybridized carbons (Fsp3) is 0.300. The summed E-state index contributed by atoms with van der Waals surface area (Å²) in [6.07, 6.45) is 0. The van der Waals surface area contributed by atoms with E-state index in [0.29, 0.717) is 0 Å². The van der Waals surface area contributed by atoms with Crippen molar-refractivity contribution in [2.24, 2.45) is 0 Å². The fourth-order valence-electron chi connectivity index (χ4n) is 1.23. The number of halogens is 2. The summed E-state index contributed by atoms with van der Waals surface area (Å²) in [5, 5.41) is 10.7. The Morgan fingerprint density at radius 3 is 2.71 bits per heavy atom. The number of alkyl halides is 1. The van der Waals surface area contributed by atoms with Gasteiger partial charge in [0.1, 0.15) is 11.4 Å². The Morgan fingerprint density at radius 1 is 1.59 bits per heavy atom. The summed E-state index contributed by atoms with van der Waals surface area (Å²) in [7, 11) is 0. The third kappa shape index (κ3) is 2.91. The summed E-state index contributed by atoms with van der Waals surface area (Å²) in [4.78, 5) is 21.4. The molecule has 0 unspecified atom stereocenters. The van der Waals surface area contributed by atoms with E-state index in [1.165, 1.54) is 0 Å². The molecule has 5 nitrogen and oxygen atoms in total. The third-order valence-electron chi connectivity index (χ3n) is 2.00. The van der Waals surface area contributed by atoms with Gasteiger partial charge in [0.05, 0.1) is 17.4 Å². The van der Waals surface area contributed by atoms with Gasteiger partial charge >= 0.3 is 5.97 Å². The van der Waals surface area contributed by atoms with E-state index in [4.69, 9.17) is 11.6 Å². The minimum absolute atomic E-state index is 0.0357. The van der Waals surface area contributed by atoms with Gasteiger partial charge in [-0.25, -0.2) is 9.18 Å². The van der Waals surface area contributed by atoms with E-state index in [-0.39, 0.29) is 18.1 Å². The Kier molecular flexibility index (Phi) is 4.39. The maximum Gasteiger partial charge on any atom is 0.345 e. The van der Waals surface area contributed by atoms with Gasteiger partial charge in [0.2, 0.25) is 0 Å². The maximum atomic E-state index is 13.4. The Hall–Kier alpha value is -1.69. The quantitative estimate of drug-likeness (QED) is 0.362. The van der Waals surface area contributed by atoms with Gasteiger partial charge < -0.3 is 4.74 Å². The number of ether oxygens (including phenoxy) is 1. The van der Waals surface area contributed by atoms with Crippen LogP contribution in [0.25, 0.3) is 0 Å². The third-order valence-corrected chi connectivity index (χ3v) is 2.29. The number of esters is 1. The van der Waals surface area contributed by atoms with Crippen molar-refractivity contribution < 1.29 is 18.8 Å². The molecule has 0 radical (unpaired) electrons. The minimum atomic E-state index is -0.931. The molecule has 0 N–H and O–H groups in total. The Balaban J connectivity index is 3.32. The van der Waals surface area contributed by atoms with Crippen LogP contribution in [0, 0.1) is 15.9 Å². The molecule has 0 aliphatic rings. The van der Waals surface area contributed by atoms with Gasteiger partial charge in [0, 0.05) is 11.6 Å². The number of nitro groups is 1. The number of carbonyl (C=O) groups is 1. The first-order chi connectivity index (χ1) is 8.01. The minimum Gasteiger partial charge on any atom is -0.462 e. The van der Waals surface area contributed by atoms with Crippen molar-refractivity contribution in [3.63, 3.8) is 0 Å². The molecule has 1 rings (SSSR count). The van der Waals surface area contributed by atoms with Crippen molar-refractivity contribution in [1.29, 1.82) is 0 Å². The first-order valence-electron chi connectivity index (χ1n) is 4.71. The smallest absolute Gasteiger partial charge is 0.345 e. The molecule has 0 saturated heterocycles. The second-order valence-corrected chi connectivity index (χ2v) is 3.34. The van der Waals surface area contributed by atoms with Crippen LogP contribution >= 0.6 is 11.6 Å². The van der Waals surface area contributed by atoms with Crippen LogP contribution in [-0.2, 0) is 10.6 Å². The van der Waals surface area contributed by atoms with Crippen molar-refractivity contribution in [3.8, 4) is 0 Å². The number of rotatable bonds is 4. The highest BCUT2D eigenvalue weighted by Crippen LogP contribution is 2.24. The predicted octanol–water partition coefficient (Wildman–Crippen LogP) is 2.65. The Labute approximate surface area is 101 Å². The van der Waals surface area contributed by atoms with E-state index in [2.05, 4.69) is 4.74 Å². The topological polar surface area (TPSA) is 69.4 Å². The van der Waals surface area contributed by atoms with E-state index in [1.54, 1.807) is 6.92 Å². The normalized spacial score (nSPS) is 10.1. The Bertz CT molecular complexity index is 464. The second kappa shape index (κ2) is 5.58. The number of nitro benzene ring substituents is 1. The average Bonchev–Trinajstić information content (AvgIpc) is 2.28. The molecule has 0 atom stereocenters. The summed E-state index contributed by atoms with van der Waals surface area (Å²) < 4.78 is 18.0. The van der Waals surface area contributed by atoms with Gasteiger partial charge in [0.25, 0.3) is 5.69 Å². The van der Waals surface area contributed by atoms with Gasteiger partial charge in [0.15, 0.2) is 0 Å². The molecule has 92 valence electrons. The van der Waals surface area contributed by atoms with Crippen LogP contribution in [0.5, 0.6) is 0 Å². The molecule has 0 fully saturated rings. The van der Waals surface area contributed by atoms with Gasteiger partial charge in [-0.3, -0.25) is 10.1 Å². The van der Waals surface area contributed by atoms with Crippen molar-refractivity contribution in [2.75, 3.05) is 6.61 Å². The molecule has 0 bridgehead atoms. The molecule has 7 heteroatoms. The summed E-state index contributed by atoms with van der Waals surface area (Å²) in [6.45, 7) is 1.60. The van der Waals surface area contributed by atoms with Gasteiger partial charge in [-0.2, -0.15) is 0 Å². The highest BCUT2D eigenvalue weighted by atomic mass is 35.5. The van der Waals surface area contributed by atoms with Crippen LogP contribution in [0.15, 0.2) is 12.1 Å². The van der Waals surface area contributed by atoms with Gasteiger partial charge in [-0.1, -0.05) is 0 Å². The summed E-state index contributed by atoms with van der Waals surface area (Å²) in [5.41, 5.74) is -0.963. The van der Waals surface area contributed by atoms with Crippen LogP contribution in [-0.4, -0.2) is 17.5 Å². The zero-order valence-corrected chi connectivity index (χ0v) is 9.66. The molecular weight excluding hydrogens is 253 g/mol. The standard InChI is InChI=1S/C10H9ClFNO4/c1-2-17-10(14)7-4-8(12)6(5-11)3-9(7)13(15)16/h3-4H,2,5H2,1H3. The molecule has 0 aliphatic heterocycles. The second-order valence-electron chi connectivity index (χ2n) is 3.07. The first kappa shape index (κ1) is 13.4. The van der Waals surface area contributed by atoms with E-state index in [0.717, 1.165) is 12.1 Å². The van der Waals surface area contributed by atoms with Crippen molar-refractivity contribution >= 4 is 23.3 Å². The fourth-order valence-corrected chi connectivity index (χ4v) is 1.44. The average molecular weight is 262 g/mol. The van der Waals surface area contributed by atoms with E-state index < -0.39 is 28.0 Å². The summed E-state index contributed by atoms with van der Waals surface area (Å²) >= 11 is 5.42. The van der Waals surface area contributed by atoms with E-state index in [9.17, 15) is 19.3 Å². The SMILES string of the molecule is CCOC(=O)c1cc(F)c(CCl)cc1[N+](=O)[O-]. The summed E-state index contributed by atoms with van der Waals surface area (Å²) in [5.74, 6) is -1.91. The molecule has 1 aromatic rings. The predicted molar refractivity (Wildman–Crippen MR) is 58.6 cm³/mol. The lowest BCUT2D eigenvalue weighted by atomic mass is 10.1. The molecule has 1 aromatic carbocycles. The largest absolute Gasteiger partial charge is 0.462 e. The molecule has 0 aliphatic carbocycles. The lowest BCUT2D eigenvalue weighted by Crippen LogP contribution is -2.09. The van der Waals surface area contributed by atoms with Crippen molar-refractivity contribution in [2.45, 2.75) is 12.8 Å². The Morgan fingerprint density at radius 2 is 2.24 bits per heavy atom. The van der Waals surface area contributed by atoms with Crippen LogP contribution in [0.3, 0.4) is 0 Å². The van der Waals surface area contributed by atoms with E-state index in [1.807, 2.05) is 0 Å². The summed E-state index contributed by atoms with van der Waals surface area (Å²) in [6, 6.07) is 1.71. The molecule has 17 heavy (non-hydrogen) atoms. The highest BCUT2D eigenvalue weighted by molar-refractivity contribution is 6.17. The number of hydrogen-bond donors (Lipinski definition) is 0. The number of carbonyl (C=O) groups excluding carboxylic acids is 1. The van der Waals surface area contributed by atoms with Crippen LogP contribution in [0.1, 0.15) is 22.8 Å². The van der Waals surface area contributed by atoms with Gasteiger partial charge in [-0.15, -0.1) is 11.6 Å². The lowest BCUT2D eigenvalue weighted by Gasteiger charge is -2.05. The lowest BCUT2D eigenvalue weighted by molar-refractivity contribution is -0.385. The number of benzene rings is 1. The molecule has 0 heterocycles. The van der Waals surface area contributed by atoms with Crippen molar-refractivity contribution in [3.05, 3.63) is 39.2 Å². The molecule has 0 saturated carbocycles. The number of nitrogens with zero attached hydrogens (tertiary/aromatic N) is 1. The molecule has 0 aromatic heterocycles. The van der Waals surface area contributed by atoms with E-state index >= 15 is 0 Å². The number of hydrogen-bond acceptors (Lipinski definition) is 4. The maximum absolute atomic E-state index is 13.4. The van der Waals surface area contributed by atoms with Crippen molar-refractivity contribution in [1.82, 2.24) is 0 Å². The van der Waals surface area contributed by atoms with Crippen LogP contribution < -0.4 is 0 Å². The molecular formula is C10H9ClFNO4. The molecule has 0 spiro atoms. The zero-order chi connectivity index (χ0) is 13.0. The van der Waals surface area contributed by atoms with Crippen LogP contribution in [0.4, 0.5) is 10.1 Å². The monoisotopic (exact) mass is 261 g/mol. The zero-order valence-electron chi connectivity index (χ0n) is 8.91. The molecule has 0 amide bonds.